The molecule has 9 nitrogen and oxygen atoms in total. The maximum atomic E-state index is 14.2. The average Bonchev–Trinajstić information content (AvgIpc) is 3.48. The number of benzene rings is 1. The number of amides is 2. The van der Waals surface area contributed by atoms with Crippen LogP contribution in [0.15, 0.2) is 36.7 Å². The van der Waals surface area contributed by atoms with Crippen LogP contribution >= 0.6 is 0 Å². The SMILES string of the molecule is CN/C=C(\C=N)c1cc(F)cc(CNC(=O)c2nccc3nc(C4CCCC4)n(CC(N)=O)c23)c1. The van der Waals surface area contributed by atoms with Crippen molar-refractivity contribution in [1.29, 1.82) is 5.41 Å². The Balaban J connectivity index is 1.65. The van der Waals surface area contributed by atoms with Crippen LogP contribution in [0.2, 0.25) is 0 Å². The zero-order chi connectivity index (χ0) is 24.9. The van der Waals surface area contributed by atoms with Crippen LogP contribution < -0.4 is 16.4 Å². The number of nitrogens with two attached hydrogens (primary N) is 1. The molecule has 1 fully saturated rings. The van der Waals surface area contributed by atoms with E-state index in [4.69, 9.17) is 16.1 Å². The number of nitrogens with one attached hydrogen (secondary N) is 3. The molecule has 182 valence electrons. The number of hydrogen-bond donors (Lipinski definition) is 4. The molecule has 4 rings (SSSR count). The third kappa shape index (κ3) is 5.21. The number of rotatable bonds is 9. The third-order valence-corrected chi connectivity index (χ3v) is 6.13. The molecule has 2 heterocycles. The number of carbonyl (C=O) groups excluding carboxylic acids is 2. The fourth-order valence-electron chi connectivity index (χ4n) is 4.63. The smallest absolute Gasteiger partial charge is 0.272 e. The molecular weight excluding hydrogens is 449 g/mol. The normalized spacial score (nSPS) is 14.3. The minimum absolute atomic E-state index is 0.0476. The molecule has 0 spiro atoms. The number of fused-ring (bicyclic) bond motifs is 1. The maximum absolute atomic E-state index is 14.2. The van der Waals surface area contributed by atoms with Gasteiger partial charge in [-0.1, -0.05) is 12.8 Å². The lowest BCUT2D eigenvalue weighted by atomic mass is 10.0. The van der Waals surface area contributed by atoms with E-state index < -0.39 is 17.6 Å². The summed E-state index contributed by atoms with van der Waals surface area (Å²) in [5.74, 6) is -0.511. The van der Waals surface area contributed by atoms with E-state index in [2.05, 4.69) is 15.6 Å². The van der Waals surface area contributed by atoms with E-state index in [1.54, 1.807) is 29.9 Å². The van der Waals surface area contributed by atoms with Crippen LogP contribution in [-0.4, -0.2) is 39.6 Å². The molecule has 5 N–H and O–H groups in total. The van der Waals surface area contributed by atoms with Crippen molar-refractivity contribution >= 4 is 34.6 Å². The van der Waals surface area contributed by atoms with Crippen LogP contribution in [0.25, 0.3) is 16.6 Å². The lowest BCUT2D eigenvalue weighted by molar-refractivity contribution is -0.118. The van der Waals surface area contributed by atoms with Crippen molar-refractivity contribution in [2.24, 2.45) is 5.73 Å². The van der Waals surface area contributed by atoms with Crippen LogP contribution in [0.4, 0.5) is 4.39 Å². The van der Waals surface area contributed by atoms with E-state index in [0.29, 0.717) is 27.7 Å². The molecule has 0 aliphatic heterocycles. The second-order valence-electron chi connectivity index (χ2n) is 8.59. The van der Waals surface area contributed by atoms with Gasteiger partial charge in [-0.25, -0.2) is 14.4 Å². The summed E-state index contributed by atoms with van der Waals surface area (Å²) in [6, 6.07) is 6.08. The van der Waals surface area contributed by atoms with Crippen molar-refractivity contribution in [2.45, 2.75) is 44.7 Å². The molecule has 2 aromatic heterocycles. The molecule has 0 atom stereocenters. The second-order valence-corrected chi connectivity index (χ2v) is 8.59. The summed E-state index contributed by atoms with van der Waals surface area (Å²) >= 11 is 0. The van der Waals surface area contributed by atoms with Gasteiger partial charge in [0, 0.05) is 43.7 Å². The van der Waals surface area contributed by atoms with E-state index >= 15 is 0 Å². The quantitative estimate of drug-likeness (QED) is 0.351. The highest BCUT2D eigenvalue weighted by molar-refractivity contribution is 6.08. The Kier molecular flexibility index (Phi) is 7.19. The number of hydrogen-bond acceptors (Lipinski definition) is 6. The fraction of sp³-hybridized carbons (Fsp3) is 0.320. The first-order valence-corrected chi connectivity index (χ1v) is 11.5. The number of pyridine rings is 1. The van der Waals surface area contributed by atoms with E-state index in [1.165, 1.54) is 18.3 Å². The standard InChI is InChI=1S/C25H28FN7O2/c1-29-13-18(11-27)17-8-15(9-19(26)10-17)12-31-25(35)22-23-20(6-7-30-22)32-24(16-4-2-3-5-16)33(23)14-21(28)34/h6-11,13,16,27,29H,2-5,12,14H2,1H3,(H2,28,34)(H,31,35)/b18-13+,27-11?. The highest BCUT2D eigenvalue weighted by Crippen LogP contribution is 2.35. The third-order valence-electron chi connectivity index (χ3n) is 6.13. The number of aromatic nitrogens is 3. The number of allylic oxidation sites excluding steroid dienone is 1. The molecule has 0 radical (unpaired) electrons. The number of imidazole rings is 1. The molecule has 0 saturated heterocycles. The average molecular weight is 478 g/mol. The van der Waals surface area contributed by atoms with Gasteiger partial charge in [-0.2, -0.15) is 0 Å². The van der Waals surface area contributed by atoms with E-state index in [1.807, 2.05) is 0 Å². The van der Waals surface area contributed by atoms with Crippen molar-refractivity contribution < 1.29 is 14.0 Å². The topological polar surface area (TPSA) is 139 Å². The summed E-state index contributed by atoms with van der Waals surface area (Å²) in [6.07, 6.45) is 8.36. The first kappa shape index (κ1) is 24.1. The second kappa shape index (κ2) is 10.5. The summed E-state index contributed by atoms with van der Waals surface area (Å²) in [5, 5.41) is 13.2. The minimum Gasteiger partial charge on any atom is -0.393 e. The summed E-state index contributed by atoms with van der Waals surface area (Å²) < 4.78 is 16.0. The molecule has 2 amide bonds. The van der Waals surface area contributed by atoms with Crippen LogP contribution in [0.5, 0.6) is 0 Å². The number of nitrogens with zero attached hydrogens (tertiary/aromatic N) is 3. The van der Waals surface area contributed by atoms with Gasteiger partial charge in [0.25, 0.3) is 5.91 Å². The van der Waals surface area contributed by atoms with Crippen molar-refractivity contribution in [3.05, 3.63) is 65.1 Å². The molecular formula is C25H28FN7O2. The fourth-order valence-corrected chi connectivity index (χ4v) is 4.63. The molecule has 1 aromatic carbocycles. The molecule has 1 aliphatic rings. The Morgan fingerprint density at radius 3 is 2.74 bits per heavy atom. The number of carbonyl (C=O) groups is 2. The molecule has 35 heavy (non-hydrogen) atoms. The Bertz CT molecular complexity index is 1310. The number of primary amides is 1. The molecule has 3 aromatic rings. The van der Waals surface area contributed by atoms with Gasteiger partial charge in [-0.05, 0) is 48.2 Å². The predicted octanol–water partition coefficient (Wildman–Crippen LogP) is 2.85. The predicted molar refractivity (Wildman–Crippen MR) is 131 cm³/mol. The van der Waals surface area contributed by atoms with E-state index in [-0.39, 0.29) is 24.7 Å². The first-order chi connectivity index (χ1) is 16.9. The first-order valence-electron chi connectivity index (χ1n) is 11.5. The van der Waals surface area contributed by atoms with Crippen LogP contribution in [0.3, 0.4) is 0 Å². The Morgan fingerprint density at radius 1 is 1.29 bits per heavy atom. The number of halogens is 1. The maximum Gasteiger partial charge on any atom is 0.272 e. The molecule has 0 unspecified atom stereocenters. The van der Waals surface area contributed by atoms with Crippen molar-refractivity contribution in [1.82, 2.24) is 25.2 Å². The summed E-state index contributed by atoms with van der Waals surface area (Å²) in [6.45, 7) is -0.0440. The van der Waals surface area contributed by atoms with Crippen molar-refractivity contribution in [3.8, 4) is 0 Å². The monoisotopic (exact) mass is 477 g/mol. The van der Waals surface area contributed by atoms with E-state index in [9.17, 15) is 14.0 Å². The van der Waals surface area contributed by atoms with Gasteiger partial charge >= 0.3 is 0 Å². The Labute approximate surface area is 202 Å². The largest absolute Gasteiger partial charge is 0.393 e. The van der Waals surface area contributed by atoms with Gasteiger partial charge in [-0.3, -0.25) is 9.59 Å². The molecule has 1 aliphatic carbocycles. The van der Waals surface area contributed by atoms with Gasteiger partial charge < -0.3 is 26.3 Å². The molecule has 10 heteroatoms. The van der Waals surface area contributed by atoms with Gasteiger partial charge in [0.1, 0.15) is 23.7 Å². The molecule has 0 bridgehead atoms. The molecule has 1 saturated carbocycles. The minimum atomic E-state index is -0.525. The zero-order valence-corrected chi connectivity index (χ0v) is 19.5. The lowest BCUT2D eigenvalue weighted by Gasteiger charge is -2.13. The summed E-state index contributed by atoms with van der Waals surface area (Å²) in [5.41, 5.74) is 8.24. The van der Waals surface area contributed by atoms with Crippen LogP contribution in [-0.2, 0) is 17.9 Å². The highest BCUT2D eigenvalue weighted by Gasteiger charge is 2.27. The van der Waals surface area contributed by atoms with Crippen LogP contribution in [0, 0.1) is 11.2 Å². The summed E-state index contributed by atoms with van der Waals surface area (Å²) in [4.78, 5) is 34.0. The van der Waals surface area contributed by atoms with Crippen molar-refractivity contribution in [2.75, 3.05) is 7.05 Å². The lowest BCUT2D eigenvalue weighted by Crippen LogP contribution is -2.26. The zero-order valence-electron chi connectivity index (χ0n) is 19.5. The van der Waals surface area contributed by atoms with Crippen LogP contribution in [0.1, 0.15) is 59.0 Å². The Hall–Kier alpha value is -4.08. The summed E-state index contributed by atoms with van der Waals surface area (Å²) in [7, 11) is 1.69. The van der Waals surface area contributed by atoms with Gasteiger partial charge in [0.05, 0.1) is 5.52 Å². The van der Waals surface area contributed by atoms with Crippen molar-refractivity contribution in [3.63, 3.8) is 0 Å². The van der Waals surface area contributed by atoms with Gasteiger partial charge in [0.15, 0.2) is 5.69 Å². The van der Waals surface area contributed by atoms with Gasteiger partial charge in [-0.15, -0.1) is 0 Å². The Morgan fingerprint density at radius 2 is 2.06 bits per heavy atom. The van der Waals surface area contributed by atoms with E-state index in [0.717, 1.165) is 37.7 Å². The highest BCUT2D eigenvalue weighted by atomic mass is 19.1. The van der Waals surface area contributed by atoms with Gasteiger partial charge in [0.2, 0.25) is 5.91 Å².